The lowest BCUT2D eigenvalue weighted by Crippen LogP contribution is -2.18. The molecule has 0 aliphatic rings. The van der Waals surface area contributed by atoms with Gasteiger partial charge < -0.3 is 14.8 Å². The number of nitrogens with one attached hydrogen (secondary N) is 1. The van der Waals surface area contributed by atoms with E-state index in [-0.39, 0.29) is 0 Å². The van der Waals surface area contributed by atoms with Gasteiger partial charge in [0.1, 0.15) is 0 Å². The molecule has 1 N–H and O–H groups in total. The van der Waals surface area contributed by atoms with E-state index >= 15 is 0 Å². The molecule has 0 aliphatic carbocycles. The van der Waals surface area contributed by atoms with Gasteiger partial charge in [0.15, 0.2) is 0 Å². The van der Waals surface area contributed by atoms with Crippen molar-refractivity contribution in [3.8, 4) is 0 Å². The molecule has 0 rings (SSSR count). The minimum atomic E-state index is 0.337. The topological polar surface area (TPSA) is 96.3 Å². The molecule has 0 aromatic heterocycles. The predicted molar refractivity (Wildman–Crippen MR) is 49.7 cm³/mol. The lowest BCUT2D eigenvalue weighted by atomic mass is 10.6. The summed E-state index contributed by atoms with van der Waals surface area (Å²) in [5.41, 5.74) is 7.93. The SMILES string of the molecule is [N-]=[N+]=NCCOCCOCCNC=O. The van der Waals surface area contributed by atoms with Crippen LogP contribution >= 0.6 is 0 Å². The van der Waals surface area contributed by atoms with E-state index in [2.05, 4.69) is 15.3 Å². The van der Waals surface area contributed by atoms with Gasteiger partial charge in [0.25, 0.3) is 0 Å². The lowest BCUT2D eigenvalue weighted by Gasteiger charge is -2.03. The average Bonchev–Trinajstić information content (AvgIpc) is 2.21. The minimum absolute atomic E-state index is 0.337. The maximum absolute atomic E-state index is 9.81. The monoisotopic (exact) mass is 202 g/mol. The van der Waals surface area contributed by atoms with Gasteiger partial charge in [0.05, 0.1) is 26.4 Å². The molecule has 1 amide bonds. The molecular weight excluding hydrogens is 188 g/mol. The van der Waals surface area contributed by atoms with Crippen molar-refractivity contribution in [2.45, 2.75) is 0 Å². The largest absolute Gasteiger partial charge is 0.379 e. The number of azide groups is 1. The van der Waals surface area contributed by atoms with Crippen LogP contribution in [-0.2, 0) is 14.3 Å². The van der Waals surface area contributed by atoms with Gasteiger partial charge >= 0.3 is 0 Å². The third-order valence-corrected chi connectivity index (χ3v) is 1.24. The summed E-state index contributed by atoms with van der Waals surface area (Å²) in [4.78, 5) is 12.4. The second-order valence-corrected chi connectivity index (χ2v) is 2.25. The molecular formula is C7H14N4O3. The first-order valence-corrected chi connectivity index (χ1v) is 4.25. The number of hydrogen-bond donors (Lipinski definition) is 1. The number of amides is 1. The van der Waals surface area contributed by atoms with Crippen molar-refractivity contribution in [1.82, 2.24) is 5.32 Å². The van der Waals surface area contributed by atoms with Crippen LogP contribution in [0.15, 0.2) is 5.11 Å². The number of ether oxygens (including phenoxy) is 2. The van der Waals surface area contributed by atoms with Crippen molar-refractivity contribution < 1.29 is 14.3 Å². The van der Waals surface area contributed by atoms with Crippen molar-refractivity contribution >= 4 is 6.41 Å². The smallest absolute Gasteiger partial charge is 0.207 e. The summed E-state index contributed by atoms with van der Waals surface area (Å²) in [7, 11) is 0. The van der Waals surface area contributed by atoms with Crippen LogP contribution in [0.25, 0.3) is 10.4 Å². The van der Waals surface area contributed by atoms with Crippen molar-refractivity contribution in [3.05, 3.63) is 10.4 Å². The molecule has 14 heavy (non-hydrogen) atoms. The third-order valence-electron chi connectivity index (χ3n) is 1.24. The van der Waals surface area contributed by atoms with Crippen molar-refractivity contribution in [2.75, 3.05) is 39.5 Å². The first-order chi connectivity index (χ1) is 6.91. The Bertz CT molecular complexity index is 182. The van der Waals surface area contributed by atoms with E-state index in [0.29, 0.717) is 45.9 Å². The predicted octanol–water partition coefficient (Wildman–Crippen LogP) is 0.0759. The zero-order chi connectivity index (χ0) is 10.5. The van der Waals surface area contributed by atoms with Crippen LogP contribution in [0.2, 0.25) is 0 Å². The van der Waals surface area contributed by atoms with E-state index in [9.17, 15) is 4.79 Å². The number of rotatable bonds is 10. The summed E-state index contributed by atoms with van der Waals surface area (Å²) in [6.07, 6.45) is 0.625. The van der Waals surface area contributed by atoms with E-state index in [1.165, 1.54) is 0 Å². The highest BCUT2D eigenvalue weighted by molar-refractivity contribution is 5.45. The van der Waals surface area contributed by atoms with Gasteiger partial charge in [0.2, 0.25) is 6.41 Å². The second kappa shape index (κ2) is 11.7. The Kier molecular flexibility index (Phi) is 10.6. The van der Waals surface area contributed by atoms with Gasteiger partial charge in [0, 0.05) is 18.0 Å². The van der Waals surface area contributed by atoms with Crippen LogP contribution in [0, 0.1) is 0 Å². The number of nitrogens with zero attached hydrogens (tertiary/aromatic N) is 3. The Labute approximate surface area is 82.0 Å². The molecule has 80 valence electrons. The number of hydrogen-bond acceptors (Lipinski definition) is 4. The molecule has 7 heteroatoms. The van der Waals surface area contributed by atoms with Crippen LogP contribution in [0.4, 0.5) is 0 Å². The summed E-state index contributed by atoms with van der Waals surface area (Å²) in [6, 6.07) is 0. The van der Waals surface area contributed by atoms with Crippen molar-refractivity contribution in [3.63, 3.8) is 0 Å². The highest BCUT2D eigenvalue weighted by Gasteiger charge is 1.88. The van der Waals surface area contributed by atoms with Crippen LogP contribution in [-0.4, -0.2) is 45.9 Å². The number of carbonyl (C=O) groups excluding carboxylic acids is 1. The normalized spacial score (nSPS) is 9.14. The molecule has 0 bridgehead atoms. The van der Waals surface area contributed by atoms with Gasteiger partial charge in [-0.1, -0.05) is 5.11 Å². The summed E-state index contributed by atoms with van der Waals surface area (Å²) in [5, 5.41) is 5.76. The Morgan fingerprint density at radius 3 is 2.64 bits per heavy atom. The van der Waals surface area contributed by atoms with Gasteiger partial charge in [-0.2, -0.15) is 0 Å². The number of carbonyl (C=O) groups is 1. The van der Waals surface area contributed by atoms with Crippen LogP contribution < -0.4 is 5.32 Å². The van der Waals surface area contributed by atoms with Crippen LogP contribution in [0.5, 0.6) is 0 Å². The molecule has 0 saturated carbocycles. The second-order valence-electron chi connectivity index (χ2n) is 2.25. The standard InChI is InChI=1S/C7H14N4O3/c8-11-10-2-4-14-6-5-13-3-1-9-7-12/h7H,1-6H2,(H,9,12). The maximum atomic E-state index is 9.81. The highest BCUT2D eigenvalue weighted by atomic mass is 16.5. The summed E-state index contributed by atoms with van der Waals surface area (Å²) >= 11 is 0. The molecule has 0 saturated heterocycles. The molecule has 0 spiro atoms. The molecule has 0 atom stereocenters. The fraction of sp³-hybridized carbons (Fsp3) is 0.857. The maximum Gasteiger partial charge on any atom is 0.207 e. The third kappa shape index (κ3) is 10.7. The van der Waals surface area contributed by atoms with Crippen molar-refractivity contribution in [1.29, 1.82) is 0 Å². The van der Waals surface area contributed by atoms with Gasteiger partial charge in [-0.05, 0) is 5.53 Å². The van der Waals surface area contributed by atoms with Crippen LogP contribution in [0.1, 0.15) is 0 Å². The van der Waals surface area contributed by atoms with E-state index in [1.54, 1.807) is 0 Å². The fourth-order valence-corrected chi connectivity index (χ4v) is 0.662. The van der Waals surface area contributed by atoms with E-state index in [0.717, 1.165) is 0 Å². The first kappa shape index (κ1) is 12.7. The van der Waals surface area contributed by atoms with Gasteiger partial charge in [-0.15, -0.1) is 0 Å². The van der Waals surface area contributed by atoms with E-state index < -0.39 is 0 Å². The molecule has 0 aromatic carbocycles. The summed E-state index contributed by atoms with van der Waals surface area (Å²) in [6.45, 7) is 2.64. The van der Waals surface area contributed by atoms with E-state index in [1.807, 2.05) is 0 Å². The highest BCUT2D eigenvalue weighted by Crippen LogP contribution is 1.79. The van der Waals surface area contributed by atoms with Gasteiger partial charge in [-0.25, -0.2) is 0 Å². The molecule has 7 nitrogen and oxygen atoms in total. The molecule has 0 unspecified atom stereocenters. The zero-order valence-electron chi connectivity index (χ0n) is 7.89. The molecule has 0 aromatic rings. The van der Waals surface area contributed by atoms with Crippen molar-refractivity contribution in [2.24, 2.45) is 5.11 Å². The van der Waals surface area contributed by atoms with Gasteiger partial charge in [-0.3, -0.25) is 4.79 Å². The molecule has 0 radical (unpaired) electrons. The Morgan fingerprint density at radius 2 is 2.00 bits per heavy atom. The lowest BCUT2D eigenvalue weighted by molar-refractivity contribution is -0.109. The minimum Gasteiger partial charge on any atom is -0.379 e. The Balaban J connectivity index is 2.91. The molecule has 0 fully saturated rings. The fourth-order valence-electron chi connectivity index (χ4n) is 0.662. The van der Waals surface area contributed by atoms with E-state index in [4.69, 9.17) is 15.0 Å². The quantitative estimate of drug-likeness (QED) is 0.178. The Morgan fingerprint density at radius 1 is 1.29 bits per heavy atom. The Hall–Kier alpha value is -1.30. The zero-order valence-corrected chi connectivity index (χ0v) is 7.89. The van der Waals surface area contributed by atoms with Crippen LogP contribution in [0.3, 0.4) is 0 Å². The average molecular weight is 202 g/mol. The first-order valence-electron chi connectivity index (χ1n) is 4.25. The summed E-state index contributed by atoms with van der Waals surface area (Å²) in [5.74, 6) is 0. The molecule has 0 aliphatic heterocycles. The summed E-state index contributed by atoms with van der Waals surface area (Å²) < 4.78 is 10.2. The molecule has 0 heterocycles.